The number of hydrogen-bond acceptors (Lipinski definition) is 3. The van der Waals surface area contributed by atoms with Gasteiger partial charge in [-0.2, -0.15) is 0 Å². The molecule has 3 aliphatic carbocycles. The molecule has 0 spiro atoms. The second kappa shape index (κ2) is 5.07. The van der Waals surface area contributed by atoms with Crippen molar-refractivity contribution in [3.05, 3.63) is 29.6 Å². The van der Waals surface area contributed by atoms with Gasteiger partial charge >= 0.3 is 5.97 Å². The van der Waals surface area contributed by atoms with E-state index in [2.05, 4.69) is 10.3 Å². The standard InChI is InChI=1S/C17H20N2O3/c20-16(9-4-5-14(17(21)22)18-8-9)19-15-7-10-6-13(15)12-3-1-2-11(10)12/h4-5,8,10-13,15H,1-3,6-7H2,(H,19,20)(H,21,22). The SMILES string of the molecule is O=C(NC1CC2CC1C1CCCC21)c1ccc(C(=O)O)nc1. The van der Waals surface area contributed by atoms with Crippen LogP contribution in [0.1, 0.15) is 53.0 Å². The summed E-state index contributed by atoms with van der Waals surface area (Å²) in [7, 11) is 0. The van der Waals surface area contributed by atoms with Gasteiger partial charge in [-0.05, 0) is 61.5 Å². The molecule has 5 heteroatoms. The van der Waals surface area contributed by atoms with E-state index in [1.807, 2.05) is 0 Å². The van der Waals surface area contributed by atoms with Gasteiger partial charge in [0.05, 0.1) is 5.56 Å². The van der Waals surface area contributed by atoms with Crippen LogP contribution in [-0.2, 0) is 0 Å². The molecule has 5 atom stereocenters. The van der Waals surface area contributed by atoms with E-state index in [0.717, 1.165) is 24.2 Å². The van der Waals surface area contributed by atoms with Crippen molar-refractivity contribution >= 4 is 11.9 Å². The number of pyridine rings is 1. The van der Waals surface area contributed by atoms with E-state index in [9.17, 15) is 9.59 Å². The molecule has 1 amide bonds. The van der Waals surface area contributed by atoms with Crippen molar-refractivity contribution in [3.8, 4) is 0 Å². The predicted octanol–water partition coefficient (Wildman–Crippen LogP) is 2.33. The van der Waals surface area contributed by atoms with Gasteiger partial charge in [-0.1, -0.05) is 6.42 Å². The summed E-state index contributed by atoms with van der Waals surface area (Å²) in [6.07, 6.45) is 7.79. The molecule has 1 aromatic rings. The first-order valence-electron chi connectivity index (χ1n) is 8.13. The third kappa shape index (κ3) is 2.11. The highest BCUT2D eigenvalue weighted by Crippen LogP contribution is 2.58. The zero-order valence-electron chi connectivity index (χ0n) is 12.4. The Kier molecular flexibility index (Phi) is 3.17. The summed E-state index contributed by atoms with van der Waals surface area (Å²) in [6, 6.07) is 3.21. The average molecular weight is 300 g/mol. The van der Waals surface area contributed by atoms with Crippen molar-refractivity contribution in [2.45, 2.75) is 38.1 Å². The van der Waals surface area contributed by atoms with Crippen molar-refractivity contribution in [2.24, 2.45) is 23.7 Å². The monoisotopic (exact) mass is 300 g/mol. The van der Waals surface area contributed by atoms with E-state index in [-0.39, 0.29) is 17.6 Å². The van der Waals surface area contributed by atoms with Crippen LogP contribution in [0.15, 0.2) is 18.3 Å². The fourth-order valence-electron chi connectivity index (χ4n) is 5.14. The molecule has 3 saturated carbocycles. The number of amides is 1. The van der Waals surface area contributed by atoms with Crippen molar-refractivity contribution in [3.63, 3.8) is 0 Å². The Morgan fingerprint density at radius 3 is 2.68 bits per heavy atom. The van der Waals surface area contributed by atoms with Crippen LogP contribution in [0, 0.1) is 23.7 Å². The number of carboxylic acids is 1. The Labute approximate surface area is 129 Å². The maximum Gasteiger partial charge on any atom is 0.354 e. The van der Waals surface area contributed by atoms with Gasteiger partial charge in [0.25, 0.3) is 5.91 Å². The highest BCUT2D eigenvalue weighted by molar-refractivity contribution is 5.95. The highest BCUT2D eigenvalue weighted by Gasteiger charge is 2.54. The van der Waals surface area contributed by atoms with E-state index in [1.165, 1.54) is 44.0 Å². The van der Waals surface area contributed by atoms with E-state index in [0.29, 0.717) is 11.5 Å². The molecular formula is C17H20N2O3. The Morgan fingerprint density at radius 1 is 1.14 bits per heavy atom. The Bertz CT molecular complexity index is 613. The molecule has 116 valence electrons. The first-order chi connectivity index (χ1) is 10.6. The number of rotatable bonds is 3. The third-order valence-corrected chi connectivity index (χ3v) is 5.99. The van der Waals surface area contributed by atoms with Crippen LogP contribution in [0.4, 0.5) is 0 Å². The quantitative estimate of drug-likeness (QED) is 0.898. The second-order valence-electron chi connectivity index (χ2n) is 6.97. The van der Waals surface area contributed by atoms with E-state index < -0.39 is 5.97 Å². The third-order valence-electron chi connectivity index (χ3n) is 5.99. The summed E-state index contributed by atoms with van der Waals surface area (Å²) in [5.74, 6) is 1.97. The minimum atomic E-state index is -1.08. The molecule has 3 aliphatic rings. The largest absolute Gasteiger partial charge is 0.477 e. The number of nitrogens with one attached hydrogen (secondary N) is 1. The lowest BCUT2D eigenvalue weighted by Crippen LogP contribution is -2.42. The molecule has 4 rings (SSSR count). The maximum atomic E-state index is 12.4. The van der Waals surface area contributed by atoms with Gasteiger partial charge < -0.3 is 10.4 Å². The van der Waals surface area contributed by atoms with Crippen LogP contribution < -0.4 is 5.32 Å². The van der Waals surface area contributed by atoms with Crippen LogP contribution in [0.2, 0.25) is 0 Å². The summed E-state index contributed by atoms with van der Waals surface area (Å²) in [4.78, 5) is 27.0. The molecule has 0 aliphatic heterocycles. The van der Waals surface area contributed by atoms with Crippen LogP contribution in [-0.4, -0.2) is 28.0 Å². The van der Waals surface area contributed by atoms with Gasteiger partial charge in [-0.25, -0.2) is 9.78 Å². The molecule has 1 heterocycles. The molecular weight excluding hydrogens is 280 g/mol. The fraction of sp³-hybridized carbons (Fsp3) is 0.588. The van der Waals surface area contributed by atoms with Crippen molar-refractivity contribution < 1.29 is 14.7 Å². The number of carbonyl (C=O) groups is 2. The van der Waals surface area contributed by atoms with Gasteiger partial charge in [-0.15, -0.1) is 0 Å². The lowest BCUT2D eigenvalue weighted by atomic mass is 9.79. The topological polar surface area (TPSA) is 79.3 Å². The molecule has 2 bridgehead atoms. The molecule has 22 heavy (non-hydrogen) atoms. The lowest BCUT2D eigenvalue weighted by Gasteiger charge is -2.32. The van der Waals surface area contributed by atoms with E-state index in [4.69, 9.17) is 5.11 Å². The molecule has 5 nitrogen and oxygen atoms in total. The second-order valence-corrected chi connectivity index (χ2v) is 6.97. The van der Waals surface area contributed by atoms with E-state index >= 15 is 0 Å². The van der Waals surface area contributed by atoms with Crippen molar-refractivity contribution in [2.75, 3.05) is 0 Å². The number of aromatic carboxylic acids is 1. The number of hydrogen-bond donors (Lipinski definition) is 2. The first-order valence-corrected chi connectivity index (χ1v) is 8.13. The number of fused-ring (bicyclic) bond motifs is 5. The Hall–Kier alpha value is -1.91. The number of aromatic nitrogens is 1. The van der Waals surface area contributed by atoms with Gasteiger partial charge in [0, 0.05) is 12.2 Å². The van der Waals surface area contributed by atoms with E-state index in [1.54, 1.807) is 0 Å². The molecule has 0 aromatic carbocycles. The molecule has 5 unspecified atom stereocenters. The van der Waals surface area contributed by atoms with Gasteiger partial charge in [0.2, 0.25) is 0 Å². The fourth-order valence-corrected chi connectivity index (χ4v) is 5.14. The predicted molar refractivity (Wildman–Crippen MR) is 79.5 cm³/mol. The maximum absolute atomic E-state index is 12.4. The molecule has 2 N–H and O–H groups in total. The molecule has 3 fully saturated rings. The number of carbonyl (C=O) groups excluding carboxylic acids is 1. The summed E-state index contributed by atoms with van der Waals surface area (Å²) in [6.45, 7) is 0. The average Bonchev–Trinajstić information content (AvgIpc) is 3.19. The number of nitrogens with zero attached hydrogens (tertiary/aromatic N) is 1. The molecule has 0 saturated heterocycles. The van der Waals surface area contributed by atoms with Crippen LogP contribution in [0.25, 0.3) is 0 Å². The van der Waals surface area contributed by atoms with Crippen LogP contribution >= 0.6 is 0 Å². The van der Waals surface area contributed by atoms with Crippen molar-refractivity contribution in [1.29, 1.82) is 0 Å². The van der Waals surface area contributed by atoms with Crippen LogP contribution in [0.3, 0.4) is 0 Å². The van der Waals surface area contributed by atoms with Gasteiger partial charge in [0.15, 0.2) is 0 Å². The smallest absolute Gasteiger partial charge is 0.354 e. The minimum Gasteiger partial charge on any atom is -0.477 e. The Morgan fingerprint density at radius 2 is 1.95 bits per heavy atom. The highest BCUT2D eigenvalue weighted by atomic mass is 16.4. The zero-order chi connectivity index (χ0) is 15.3. The summed E-state index contributed by atoms with van der Waals surface area (Å²) in [5, 5.41) is 12.0. The summed E-state index contributed by atoms with van der Waals surface area (Å²) >= 11 is 0. The van der Waals surface area contributed by atoms with Crippen molar-refractivity contribution in [1.82, 2.24) is 10.3 Å². The zero-order valence-corrected chi connectivity index (χ0v) is 12.4. The first kappa shape index (κ1) is 13.7. The molecule has 0 radical (unpaired) electrons. The Balaban J connectivity index is 1.43. The van der Waals surface area contributed by atoms with Crippen LogP contribution in [0.5, 0.6) is 0 Å². The van der Waals surface area contributed by atoms with Gasteiger partial charge in [0.1, 0.15) is 5.69 Å². The lowest BCUT2D eigenvalue weighted by molar-refractivity contribution is 0.0689. The normalized spacial score (nSPS) is 35.4. The van der Waals surface area contributed by atoms with Gasteiger partial charge in [-0.3, -0.25) is 4.79 Å². The minimum absolute atomic E-state index is 0.0368. The molecule has 1 aromatic heterocycles. The number of carboxylic acid groups (broad SMARTS) is 1. The summed E-state index contributed by atoms with van der Waals surface area (Å²) in [5.41, 5.74) is 0.404. The summed E-state index contributed by atoms with van der Waals surface area (Å²) < 4.78 is 0.